The van der Waals surface area contributed by atoms with E-state index in [1.165, 1.54) is 66.4 Å². The van der Waals surface area contributed by atoms with Crippen LogP contribution in [0.2, 0.25) is 0 Å². The Hall–Kier alpha value is -7.16. The molecule has 0 saturated heterocycles. The van der Waals surface area contributed by atoms with Crippen molar-refractivity contribution in [1.82, 2.24) is 0 Å². The van der Waals surface area contributed by atoms with Gasteiger partial charge in [-0.2, -0.15) is 0 Å². The molecule has 1 aliphatic rings. The second-order valence-corrected chi connectivity index (χ2v) is 14.1. The van der Waals surface area contributed by atoms with Gasteiger partial charge in [0.1, 0.15) is 11.2 Å². The Bertz CT molecular complexity index is 3050. The smallest absolute Gasteiger partial charge is 0.137 e. The van der Waals surface area contributed by atoms with Crippen LogP contribution in [0.25, 0.3) is 88.3 Å². The molecule has 2 heteroatoms. The average Bonchev–Trinajstić information content (AvgIpc) is 3.61. The molecule has 0 spiro atoms. The van der Waals surface area contributed by atoms with Crippen molar-refractivity contribution < 1.29 is 4.42 Å². The van der Waals surface area contributed by atoms with Crippen molar-refractivity contribution in [2.45, 2.75) is 0 Å². The van der Waals surface area contributed by atoms with Gasteiger partial charge in [0, 0.05) is 33.9 Å². The largest absolute Gasteiger partial charge is 0.456 e. The lowest BCUT2D eigenvalue weighted by Gasteiger charge is -2.28. The Morgan fingerprint density at radius 2 is 0.741 bits per heavy atom. The first-order chi connectivity index (χ1) is 26.8. The van der Waals surface area contributed by atoms with Gasteiger partial charge in [0.2, 0.25) is 0 Å². The Labute approximate surface area is 313 Å². The summed E-state index contributed by atoms with van der Waals surface area (Å²) in [5.41, 5.74) is 17.2. The van der Waals surface area contributed by atoms with E-state index in [0.717, 1.165) is 39.0 Å². The molecule has 0 N–H and O–H groups in total. The summed E-state index contributed by atoms with van der Waals surface area (Å²) in [6, 6.07) is 72.4. The van der Waals surface area contributed by atoms with E-state index in [-0.39, 0.29) is 0 Å². The number of para-hydroxylation sites is 1. The van der Waals surface area contributed by atoms with Gasteiger partial charge in [-0.15, -0.1) is 0 Å². The summed E-state index contributed by atoms with van der Waals surface area (Å²) in [5.74, 6) is 0. The summed E-state index contributed by atoms with van der Waals surface area (Å²) >= 11 is 0. The van der Waals surface area contributed by atoms with Crippen molar-refractivity contribution >= 4 is 49.8 Å². The van der Waals surface area contributed by atoms with Crippen molar-refractivity contribution in [2.24, 2.45) is 0 Å². The average molecular weight is 688 g/mol. The van der Waals surface area contributed by atoms with Crippen molar-refractivity contribution in [1.29, 1.82) is 0 Å². The molecule has 54 heavy (non-hydrogen) atoms. The molecular formula is C52H33NO. The number of furan rings is 1. The van der Waals surface area contributed by atoms with Crippen LogP contribution in [0.15, 0.2) is 205 Å². The number of fused-ring (bicyclic) bond motifs is 12. The van der Waals surface area contributed by atoms with Crippen LogP contribution in [0.1, 0.15) is 0 Å². The number of rotatable bonds is 4. The fraction of sp³-hybridized carbons (Fsp3) is 0. The summed E-state index contributed by atoms with van der Waals surface area (Å²) in [6.45, 7) is 0. The standard InChI is InChI=1S/C52H33NO/c1-2-14-39-34(12-1)13-11-22-40(39)35-24-26-36(27-25-35)53(38-29-31-49-48-21-9-10-23-51(48)54-52(49)33-38)37-28-30-47-45-19-6-5-17-43(45)41-15-3-4-16-42(41)44-18-7-8-20-46(44)50(47)32-37/h1-33H. The van der Waals surface area contributed by atoms with Gasteiger partial charge in [0.05, 0.1) is 0 Å². The van der Waals surface area contributed by atoms with Crippen LogP contribution < -0.4 is 4.90 Å². The summed E-state index contributed by atoms with van der Waals surface area (Å²) < 4.78 is 6.45. The van der Waals surface area contributed by atoms with Crippen molar-refractivity contribution in [3.63, 3.8) is 0 Å². The molecule has 0 bridgehead atoms. The minimum absolute atomic E-state index is 0.869. The molecule has 10 aromatic rings. The maximum atomic E-state index is 6.45. The Morgan fingerprint density at radius 3 is 1.43 bits per heavy atom. The second-order valence-electron chi connectivity index (χ2n) is 14.1. The number of hydrogen-bond donors (Lipinski definition) is 0. The topological polar surface area (TPSA) is 16.4 Å². The molecule has 1 aliphatic carbocycles. The zero-order valence-corrected chi connectivity index (χ0v) is 29.4. The van der Waals surface area contributed by atoms with Crippen LogP contribution in [0.5, 0.6) is 0 Å². The lowest BCUT2D eigenvalue weighted by Crippen LogP contribution is -2.10. The number of nitrogens with zero attached hydrogens (tertiary/aromatic N) is 1. The van der Waals surface area contributed by atoms with E-state index < -0.39 is 0 Å². The highest BCUT2D eigenvalue weighted by atomic mass is 16.3. The van der Waals surface area contributed by atoms with Gasteiger partial charge in [-0.05, 0) is 109 Å². The molecule has 1 aromatic heterocycles. The highest BCUT2D eigenvalue weighted by Gasteiger charge is 2.24. The van der Waals surface area contributed by atoms with Crippen LogP contribution >= 0.6 is 0 Å². The number of benzene rings is 9. The highest BCUT2D eigenvalue weighted by Crippen LogP contribution is 2.49. The molecule has 0 amide bonds. The molecule has 0 radical (unpaired) electrons. The highest BCUT2D eigenvalue weighted by molar-refractivity contribution is 6.07. The maximum Gasteiger partial charge on any atom is 0.137 e. The predicted octanol–water partition coefficient (Wildman–Crippen LogP) is 14.9. The van der Waals surface area contributed by atoms with Gasteiger partial charge in [-0.1, -0.05) is 152 Å². The molecule has 0 aliphatic heterocycles. The van der Waals surface area contributed by atoms with Crippen LogP contribution in [0.4, 0.5) is 17.1 Å². The van der Waals surface area contributed by atoms with Crippen molar-refractivity contribution in [3.05, 3.63) is 200 Å². The van der Waals surface area contributed by atoms with E-state index in [1.54, 1.807) is 0 Å². The Morgan fingerprint density at radius 1 is 0.278 bits per heavy atom. The van der Waals surface area contributed by atoms with Crippen LogP contribution in [-0.2, 0) is 0 Å². The minimum atomic E-state index is 0.869. The van der Waals surface area contributed by atoms with Gasteiger partial charge < -0.3 is 9.32 Å². The molecule has 11 rings (SSSR count). The lowest BCUT2D eigenvalue weighted by molar-refractivity contribution is 0.669. The van der Waals surface area contributed by atoms with Crippen LogP contribution in [-0.4, -0.2) is 0 Å². The maximum absolute atomic E-state index is 6.45. The molecule has 0 saturated carbocycles. The molecule has 252 valence electrons. The number of anilines is 3. The third-order valence-corrected chi connectivity index (χ3v) is 11.0. The van der Waals surface area contributed by atoms with Crippen molar-refractivity contribution in [2.75, 3.05) is 4.90 Å². The first kappa shape index (κ1) is 30.5. The molecule has 0 fully saturated rings. The fourth-order valence-electron chi connectivity index (χ4n) is 8.56. The van der Waals surface area contributed by atoms with E-state index in [4.69, 9.17) is 4.42 Å². The molecule has 2 nitrogen and oxygen atoms in total. The molecule has 0 unspecified atom stereocenters. The summed E-state index contributed by atoms with van der Waals surface area (Å²) in [4.78, 5) is 2.36. The zero-order valence-electron chi connectivity index (χ0n) is 29.4. The summed E-state index contributed by atoms with van der Waals surface area (Å²) in [5, 5.41) is 4.73. The first-order valence-corrected chi connectivity index (χ1v) is 18.5. The van der Waals surface area contributed by atoms with Crippen LogP contribution in [0.3, 0.4) is 0 Å². The van der Waals surface area contributed by atoms with Gasteiger partial charge in [-0.3, -0.25) is 0 Å². The Kier molecular flexibility index (Phi) is 6.90. The predicted molar refractivity (Wildman–Crippen MR) is 227 cm³/mol. The van der Waals surface area contributed by atoms with E-state index in [9.17, 15) is 0 Å². The molecule has 9 aromatic carbocycles. The van der Waals surface area contributed by atoms with Gasteiger partial charge in [0.25, 0.3) is 0 Å². The molecular weight excluding hydrogens is 655 g/mol. The quantitative estimate of drug-likeness (QED) is 0.183. The minimum Gasteiger partial charge on any atom is -0.456 e. The van der Waals surface area contributed by atoms with Crippen LogP contribution in [0, 0.1) is 0 Å². The van der Waals surface area contributed by atoms with E-state index in [2.05, 4.69) is 193 Å². The normalized spacial score (nSPS) is 11.7. The van der Waals surface area contributed by atoms with Crippen molar-refractivity contribution in [3.8, 4) is 55.6 Å². The fourth-order valence-corrected chi connectivity index (χ4v) is 8.56. The van der Waals surface area contributed by atoms with Gasteiger partial charge >= 0.3 is 0 Å². The third-order valence-electron chi connectivity index (χ3n) is 11.0. The Balaban J connectivity index is 1.13. The summed E-state index contributed by atoms with van der Waals surface area (Å²) in [7, 11) is 0. The number of hydrogen-bond acceptors (Lipinski definition) is 2. The lowest BCUT2D eigenvalue weighted by atomic mass is 9.81. The van der Waals surface area contributed by atoms with E-state index in [1.807, 2.05) is 12.1 Å². The summed E-state index contributed by atoms with van der Waals surface area (Å²) in [6.07, 6.45) is 0. The van der Waals surface area contributed by atoms with Gasteiger partial charge in [-0.25, -0.2) is 0 Å². The molecule has 0 atom stereocenters. The van der Waals surface area contributed by atoms with Gasteiger partial charge in [0.15, 0.2) is 0 Å². The van der Waals surface area contributed by atoms with E-state index >= 15 is 0 Å². The molecule has 1 heterocycles. The monoisotopic (exact) mass is 687 g/mol. The SMILES string of the molecule is c1ccc2c(c1)-c1ccccc1-c1ccc(N(c3ccc(-c4cccc5ccccc45)cc3)c3ccc4c(c3)oc3ccccc34)cc1-c1ccccc1-2. The third kappa shape index (κ3) is 4.81. The second kappa shape index (κ2) is 12.2. The zero-order chi connectivity index (χ0) is 35.6. The van der Waals surface area contributed by atoms with E-state index in [0.29, 0.717) is 0 Å². The first-order valence-electron chi connectivity index (χ1n) is 18.5.